The molecule has 0 bridgehead atoms. The molecule has 0 unspecified atom stereocenters. The summed E-state index contributed by atoms with van der Waals surface area (Å²) in [7, 11) is 3.18. The average Bonchev–Trinajstić information content (AvgIpc) is 3.29. The highest BCUT2D eigenvalue weighted by Crippen LogP contribution is 2.37. The molecule has 0 atom stereocenters. The third-order valence-corrected chi connectivity index (χ3v) is 5.84. The van der Waals surface area contributed by atoms with Crippen LogP contribution in [0.4, 0.5) is 11.5 Å². The number of hydrogen-bond acceptors (Lipinski definition) is 7. The van der Waals surface area contributed by atoms with Gasteiger partial charge in [0.2, 0.25) is 0 Å². The highest BCUT2D eigenvalue weighted by Gasteiger charge is 2.18. The van der Waals surface area contributed by atoms with E-state index in [1.807, 2.05) is 24.3 Å². The summed E-state index contributed by atoms with van der Waals surface area (Å²) in [5, 5.41) is 12.7. The van der Waals surface area contributed by atoms with Crippen LogP contribution in [0.15, 0.2) is 48.0 Å². The minimum atomic E-state index is -0.970. The standard InChI is InChI=1S/C23H21N3O4S/c1-4-16-19(13-6-5-7-14(10-13)23(27)28)26-22(20-21(16)31-12-24-20)25-15-8-9-17(29-2)18(11-15)30-3/h5-12H,4H2,1-3H3,(H,25,26)(H,27,28). The Balaban J connectivity index is 1.86. The van der Waals surface area contributed by atoms with Crippen molar-refractivity contribution in [1.29, 1.82) is 0 Å². The quantitative estimate of drug-likeness (QED) is 0.402. The van der Waals surface area contributed by atoms with E-state index >= 15 is 0 Å². The first-order valence-corrected chi connectivity index (χ1v) is 10.5. The molecule has 158 valence electrons. The van der Waals surface area contributed by atoms with E-state index < -0.39 is 5.97 Å². The molecule has 0 saturated carbocycles. The number of nitrogens with zero attached hydrogens (tertiary/aromatic N) is 2. The Morgan fingerprint density at radius 1 is 1.13 bits per heavy atom. The van der Waals surface area contributed by atoms with Crippen molar-refractivity contribution < 1.29 is 19.4 Å². The molecule has 8 heteroatoms. The Morgan fingerprint density at radius 2 is 1.94 bits per heavy atom. The minimum Gasteiger partial charge on any atom is -0.493 e. The number of aryl methyl sites for hydroxylation is 1. The molecule has 0 aliphatic heterocycles. The first kappa shape index (κ1) is 20.6. The number of nitrogens with one attached hydrogen (secondary N) is 1. The molecular formula is C23H21N3O4S. The Bertz CT molecular complexity index is 1270. The van der Waals surface area contributed by atoms with Crippen LogP contribution in [-0.2, 0) is 6.42 Å². The molecule has 0 aliphatic rings. The molecule has 0 aliphatic carbocycles. The lowest BCUT2D eigenvalue weighted by atomic mass is 10.0. The molecule has 2 N–H and O–H groups in total. The zero-order valence-corrected chi connectivity index (χ0v) is 18.1. The van der Waals surface area contributed by atoms with E-state index in [1.165, 1.54) is 0 Å². The molecule has 0 saturated heterocycles. The maximum atomic E-state index is 11.5. The molecule has 0 amide bonds. The molecule has 4 aromatic rings. The lowest BCUT2D eigenvalue weighted by Crippen LogP contribution is -2.02. The fourth-order valence-corrected chi connectivity index (χ4v) is 4.38. The second-order valence-electron chi connectivity index (χ2n) is 6.75. The van der Waals surface area contributed by atoms with Crippen molar-refractivity contribution in [1.82, 2.24) is 9.97 Å². The fourth-order valence-electron chi connectivity index (χ4n) is 3.47. The third-order valence-electron chi connectivity index (χ3n) is 4.96. The summed E-state index contributed by atoms with van der Waals surface area (Å²) >= 11 is 1.54. The number of ether oxygens (including phenoxy) is 2. The molecule has 0 fully saturated rings. The monoisotopic (exact) mass is 435 g/mol. The van der Waals surface area contributed by atoms with Crippen molar-refractivity contribution in [3.63, 3.8) is 0 Å². The Morgan fingerprint density at radius 3 is 2.65 bits per heavy atom. The number of rotatable bonds is 7. The van der Waals surface area contributed by atoms with Crippen LogP contribution in [-0.4, -0.2) is 35.3 Å². The van der Waals surface area contributed by atoms with E-state index in [0.717, 1.165) is 39.1 Å². The number of thiazole rings is 1. The number of benzene rings is 2. The van der Waals surface area contributed by atoms with Crippen molar-refractivity contribution in [2.75, 3.05) is 19.5 Å². The highest BCUT2D eigenvalue weighted by atomic mass is 32.1. The largest absolute Gasteiger partial charge is 0.493 e. The second kappa shape index (κ2) is 8.61. The number of carboxylic acids is 1. The van der Waals surface area contributed by atoms with Crippen LogP contribution in [0.25, 0.3) is 21.5 Å². The van der Waals surface area contributed by atoms with Crippen LogP contribution in [0, 0.1) is 0 Å². The number of aromatic nitrogens is 2. The molecule has 0 radical (unpaired) electrons. The van der Waals surface area contributed by atoms with Crippen LogP contribution in [0.1, 0.15) is 22.8 Å². The van der Waals surface area contributed by atoms with E-state index in [4.69, 9.17) is 14.5 Å². The van der Waals surface area contributed by atoms with Gasteiger partial charge in [-0.1, -0.05) is 19.1 Å². The van der Waals surface area contributed by atoms with Crippen molar-refractivity contribution in [3.8, 4) is 22.8 Å². The van der Waals surface area contributed by atoms with Crippen molar-refractivity contribution in [2.45, 2.75) is 13.3 Å². The van der Waals surface area contributed by atoms with Gasteiger partial charge in [-0.3, -0.25) is 0 Å². The molecule has 2 heterocycles. The maximum absolute atomic E-state index is 11.5. The van der Waals surface area contributed by atoms with Gasteiger partial charge in [-0.25, -0.2) is 14.8 Å². The number of aromatic carboxylic acids is 1. The number of hydrogen-bond donors (Lipinski definition) is 2. The number of carboxylic acid groups (broad SMARTS) is 1. The number of methoxy groups -OCH3 is 2. The Labute approximate surface area is 183 Å². The lowest BCUT2D eigenvalue weighted by Gasteiger charge is -2.15. The summed E-state index contributed by atoms with van der Waals surface area (Å²) in [6, 6.07) is 12.4. The van der Waals surface area contributed by atoms with Gasteiger partial charge in [0.05, 0.1) is 35.7 Å². The van der Waals surface area contributed by atoms with Gasteiger partial charge in [-0.15, -0.1) is 11.3 Å². The molecule has 2 aromatic heterocycles. The van der Waals surface area contributed by atoms with E-state index in [2.05, 4.69) is 17.2 Å². The van der Waals surface area contributed by atoms with Gasteiger partial charge >= 0.3 is 5.97 Å². The molecular weight excluding hydrogens is 414 g/mol. The van der Waals surface area contributed by atoms with Gasteiger partial charge in [0.15, 0.2) is 17.3 Å². The molecule has 0 spiro atoms. The number of pyridine rings is 1. The molecule has 2 aromatic carbocycles. The van der Waals surface area contributed by atoms with Gasteiger partial charge < -0.3 is 19.9 Å². The van der Waals surface area contributed by atoms with Crippen molar-refractivity contribution in [3.05, 3.63) is 59.1 Å². The average molecular weight is 436 g/mol. The maximum Gasteiger partial charge on any atom is 0.335 e. The van der Waals surface area contributed by atoms with Crippen molar-refractivity contribution in [2.24, 2.45) is 0 Å². The summed E-state index contributed by atoms with van der Waals surface area (Å²) < 4.78 is 11.7. The van der Waals surface area contributed by atoms with Gasteiger partial charge in [0.25, 0.3) is 0 Å². The van der Waals surface area contributed by atoms with Crippen LogP contribution in [0.2, 0.25) is 0 Å². The topological polar surface area (TPSA) is 93.6 Å². The fraction of sp³-hybridized carbons (Fsp3) is 0.174. The SMILES string of the molecule is CCc1c(-c2cccc(C(=O)O)c2)nc(Nc2ccc(OC)c(OC)c2)c2ncsc12. The molecule has 4 rings (SSSR count). The predicted octanol–water partition coefficient (Wildman–Crippen LogP) is 5.38. The number of anilines is 2. The van der Waals surface area contributed by atoms with E-state index in [-0.39, 0.29) is 5.56 Å². The Hall–Kier alpha value is -3.65. The number of fused-ring (bicyclic) bond motifs is 1. The predicted molar refractivity (Wildman–Crippen MR) is 122 cm³/mol. The summed E-state index contributed by atoms with van der Waals surface area (Å²) in [5.74, 6) is 0.854. The van der Waals surface area contributed by atoms with Crippen LogP contribution in [0.5, 0.6) is 11.5 Å². The smallest absolute Gasteiger partial charge is 0.335 e. The Kier molecular flexibility index (Phi) is 5.73. The van der Waals surface area contributed by atoms with E-state index in [0.29, 0.717) is 17.3 Å². The summed E-state index contributed by atoms with van der Waals surface area (Å²) in [5.41, 5.74) is 6.09. The summed E-state index contributed by atoms with van der Waals surface area (Å²) in [6.07, 6.45) is 0.745. The van der Waals surface area contributed by atoms with Crippen molar-refractivity contribution >= 4 is 39.0 Å². The minimum absolute atomic E-state index is 0.222. The zero-order valence-electron chi connectivity index (χ0n) is 17.3. The normalized spacial score (nSPS) is 10.8. The van der Waals surface area contributed by atoms with Crippen LogP contribution in [0.3, 0.4) is 0 Å². The lowest BCUT2D eigenvalue weighted by molar-refractivity contribution is 0.0697. The van der Waals surface area contributed by atoms with E-state index in [9.17, 15) is 9.90 Å². The van der Waals surface area contributed by atoms with Crippen LogP contribution >= 0.6 is 11.3 Å². The number of carbonyl (C=O) groups is 1. The summed E-state index contributed by atoms with van der Waals surface area (Å²) in [4.78, 5) is 20.9. The first-order chi connectivity index (χ1) is 15.0. The van der Waals surface area contributed by atoms with Gasteiger partial charge in [0, 0.05) is 17.3 Å². The second-order valence-corrected chi connectivity index (χ2v) is 7.61. The first-order valence-electron chi connectivity index (χ1n) is 9.64. The molecule has 7 nitrogen and oxygen atoms in total. The van der Waals surface area contributed by atoms with E-state index in [1.54, 1.807) is 49.3 Å². The van der Waals surface area contributed by atoms with Crippen LogP contribution < -0.4 is 14.8 Å². The van der Waals surface area contributed by atoms with Gasteiger partial charge in [-0.2, -0.15) is 0 Å². The summed E-state index contributed by atoms with van der Waals surface area (Å²) in [6.45, 7) is 2.06. The van der Waals surface area contributed by atoms with Gasteiger partial charge in [0.1, 0.15) is 5.52 Å². The highest BCUT2D eigenvalue weighted by molar-refractivity contribution is 7.17. The zero-order chi connectivity index (χ0) is 22.0. The third kappa shape index (κ3) is 3.89. The van der Waals surface area contributed by atoms with Gasteiger partial charge in [-0.05, 0) is 36.2 Å². The molecule has 31 heavy (non-hydrogen) atoms.